The fourth-order valence-corrected chi connectivity index (χ4v) is 1.42. The van der Waals surface area contributed by atoms with Crippen molar-refractivity contribution in [1.29, 1.82) is 0 Å². The van der Waals surface area contributed by atoms with Gasteiger partial charge in [-0.2, -0.15) is 22.0 Å². The second-order valence-electron chi connectivity index (χ2n) is 4.10. The molecule has 1 rings (SSSR count). The molecule has 0 radical (unpaired) electrons. The van der Waals surface area contributed by atoms with Crippen molar-refractivity contribution in [2.45, 2.75) is 12.1 Å². The highest BCUT2D eigenvalue weighted by Gasteiger charge is 2.64. The molecule has 0 aliphatic carbocycles. The van der Waals surface area contributed by atoms with Gasteiger partial charge in [-0.15, -0.1) is 0 Å². The minimum absolute atomic E-state index is 0.238. The zero-order valence-electron chi connectivity index (χ0n) is 10.8. The third-order valence-corrected chi connectivity index (χ3v) is 2.73. The molecule has 0 saturated heterocycles. The molecule has 0 bridgehead atoms. The van der Waals surface area contributed by atoms with Crippen LogP contribution in [-0.2, 0) is 4.79 Å². The quantitative estimate of drug-likeness (QED) is 0.774. The predicted octanol–water partition coefficient (Wildman–Crippen LogP) is 3.37. The van der Waals surface area contributed by atoms with Crippen LogP contribution in [0.3, 0.4) is 0 Å². The first-order chi connectivity index (χ1) is 9.55. The third-order valence-electron chi connectivity index (χ3n) is 2.48. The normalized spacial score (nSPS) is 12.1. The summed E-state index contributed by atoms with van der Waals surface area (Å²) in [4.78, 5) is 11.3. The number of carbonyl (C=O) groups excluding carboxylic acids is 1. The highest BCUT2D eigenvalue weighted by atomic mass is 35.5. The standard InChI is InChI=1S/C12H11ClF5NO2/c1-19(10(20)11(14,15)12(16,17)18)6-7-21-9-4-2-8(13)3-5-9/h2-5H,6-7H2,1H3. The van der Waals surface area contributed by atoms with E-state index in [9.17, 15) is 26.7 Å². The van der Waals surface area contributed by atoms with Crippen LogP contribution < -0.4 is 4.74 Å². The molecular weight excluding hydrogens is 321 g/mol. The predicted molar refractivity (Wildman–Crippen MR) is 65.6 cm³/mol. The van der Waals surface area contributed by atoms with E-state index in [0.717, 1.165) is 7.05 Å². The van der Waals surface area contributed by atoms with Crippen LogP contribution in [0.4, 0.5) is 22.0 Å². The first-order valence-electron chi connectivity index (χ1n) is 5.64. The van der Waals surface area contributed by atoms with E-state index in [1.807, 2.05) is 0 Å². The maximum absolute atomic E-state index is 12.8. The Labute approximate surface area is 122 Å². The van der Waals surface area contributed by atoms with Crippen LogP contribution in [0, 0.1) is 0 Å². The molecule has 1 aromatic carbocycles. The molecule has 0 spiro atoms. The Balaban J connectivity index is 2.52. The topological polar surface area (TPSA) is 29.5 Å². The molecule has 1 aromatic rings. The highest BCUT2D eigenvalue weighted by molar-refractivity contribution is 6.30. The lowest BCUT2D eigenvalue weighted by Gasteiger charge is -2.24. The number of rotatable bonds is 5. The van der Waals surface area contributed by atoms with Gasteiger partial charge < -0.3 is 9.64 Å². The molecule has 0 aliphatic rings. The molecule has 118 valence electrons. The Morgan fingerprint density at radius 1 is 1.19 bits per heavy atom. The Kier molecular flexibility index (Phi) is 5.38. The van der Waals surface area contributed by atoms with Gasteiger partial charge in [0.1, 0.15) is 12.4 Å². The van der Waals surface area contributed by atoms with Gasteiger partial charge in [-0.05, 0) is 24.3 Å². The Morgan fingerprint density at radius 2 is 1.71 bits per heavy atom. The van der Waals surface area contributed by atoms with E-state index >= 15 is 0 Å². The minimum atomic E-state index is -5.92. The highest BCUT2D eigenvalue weighted by Crippen LogP contribution is 2.36. The van der Waals surface area contributed by atoms with Crippen LogP contribution in [-0.4, -0.2) is 43.1 Å². The van der Waals surface area contributed by atoms with Gasteiger partial charge in [0.25, 0.3) is 0 Å². The van der Waals surface area contributed by atoms with Crippen molar-refractivity contribution in [3.63, 3.8) is 0 Å². The molecule has 1 amide bonds. The number of amides is 1. The molecular formula is C12H11ClF5NO2. The Hall–Kier alpha value is -1.57. The van der Waals surface area contributed by atoms with Crippen molar-refractivity contribution in [2.24, 2.45) is 0 Å². The molecule has 0 atom stereocenters. The lowest BCUT2D eigenvalue weighted by molar-refractivity contribution is -0.274. The zero-order valence-corrected chi connectivity index (χ0v) is 11.5. The summed E-state index contributed by atoms with van der Waals surface area (Å²) in [5.74, 6) is -7.39. The third kappa shape index (κ3) is 4.45. The minimum Gasteiger partial charge on any atom is -0.492 e. The zero-order chi connectivity index (χ0) is 16.3. The van der Waals surface area contributed by atoms with E-state index in [2.05, 4.69) is 0 Å². The summed E-state index contributed by atoms with van der Waals surface area (Å²) in [6.45, 7) is -0.662. The van der Waals surface area contributed by atoms with Crippen molar-refractivity contribution >= 4 is 17.5 Å². The van der Waals surface area contributed by atoms with E-state index in [-0.39, 0.29) is 11.5 Å². The number of halogens is 6. The number of benzene rings is 1. The molecule has 0 aromatic heterocycles. The van der Waals surface area contributed by atoms with Crippen LogP contribution in [0.15, 0.2) is 24.3 Å². The fraction of sp³-hybridized carbons (Fsp3) is 0.417. The summed E-state index contributed by atoms with van der Waals surface area (Å²) in [7, 11) is 0.840. The van der Waals surface area contributed by atoms with Crippen molar-refractivity contribution < 1.29 is 31.5 Å². The summed E-state index contributed by atoms with van der Waals surface area (Å²) in [6.07, 6.45) is -5.92. The number of hydrogen-bond acceptors (Lipinski definition) is 2. The van der Waals surface area contributed by atoms with Gasteiger partial charge in [-0.3, -0.25) is 4.79 Å². The average molecular weight is 332 g/mol. The lowest BCUT2D eigenvalue weighted by Crippen LogP contribution is -2.51. The van der Waals surface area contributed by atoms with E-state index < -0.39 is 24.6 Å². The second-order valence-corrected chi connectivity index (χ2v) is 4.54. The monoisotopic (exact) mass is 331 g/mol. The first kappa shape index (κ1) is 17.5. The second kappa shape index (κ2) is 6.46. The number of ether oxygens (including phenoxy) is 1. The molecule has 0 unspecified atom stereocenters. The Bertz CT molecular complexity index is 489. The van der Waals surface area contributed by atoms with E-state index in [0.29, 0.717) is 10.8 Å². The van der Waals surface area contributed by atoms with Gasteiger partial charge in [-0.1, -0.05) is 11.6 Å². The lowest BCUT2D eigenvalue weighted by atomic mass is 10.3. The van der Waals surface area contributed by atoms with E-state index in [1.54, 1.807) is 0 Å². The molecule has 0 heterocycles. The van der Waals surface area contributed by atoms with Gasteiger partial charge in [0.15, 0.2) is 0 Å². The summed E-state index contributed by atoms with van der Waals surface area (Å²) in [5.41, 5.74) is 0. The van der Waals surface area contributed by atoms with Gasteiger partial charge in [0.2, 0.25) is 0 Å². The van der Waals surface area contributed by atoms with E-state index in [1.165, 1.54) is 24.3 Å². The molecule has 3 nitrogen and oxygen atoms in total. The van der Waals surface area contributed by atoms with Crippen LogP contribution in [0.25, 0.3) is 0 Å². The molecule has 9 heteroatoms. The Morgan fingerprint density at radius 3 is 2.19 bits per heavy atom. The summed E-state index contributed by atoms with van der Waals surface area (Å²) < 4.78 is 66.8. The average Bonchev–Trinajstić information content (AvgIpc) is 2.38. The van der Waals surface area contributed by atoms with Crippen LogP contribution in [0.5, 0.6) is 5.75 Å². The molecule has 0 aliphatic heterocycles. The van der Waals surface area contributed by atoms with Crippen molar-refractivity contribution in [3.05, 3.63) is 29.3 Å². The maximum Gasteiger partial charge on any atom is 0.463 e. The molecule has 21 heavy (non-hydrogen) atoms. The first-order valence-corrected chi connectivity index (χ1v) is 6.02. The maximum atomic E-state index is 12.8. The molecule has 0 fully saturated rings. The smallest absolute Gasteiger partial charge is 0.463 e. The number of carbonyl (C=O) groups is 1. The van der Waals surface area contributed by atoms with Gasteiger partial charge in [0.05, 0.1) is 6.54 Å². The van der Waals surface area contributed by atoms with Gasteiger partial charge >= 0.3 is 18.0 Å². The molecule has 0 saturated carbocycles. The number of alkyl halides is 5. The largest absolute Gasteiger partial charge is 0.492 e. The SMILES string of the molecule is CN(CCOc1ccc(Cl)cc1)C(=O)C(F)(F)C(F)(F)F. The number of hydrogen-bond donors (Lipinski definition) is 0. The van der Waals surface area contributed by atoms with E-state index in [4.69, 9.17) is 16.3 Å². The summed E-state index contributed by atoms with van der Waals surface area (Å²) in [6, 6.07) is 6.02. The van der Waals surface area contributed by atoms with Crippen molar-refractivity contribution in [1.82, 2.24) is 4.90 Å². The van der Waals surface area contributed by atoms with Gasteiger partial charge in [-0.25, -0.2) is 0 Å². The fourth-order valence-electron chi connectivity index (χ4n) is 1.29. The van der Waals surface area contributed by atoms with Crippen LogP contribution in [0.1, 0.15) is 0 Å². The number of nitrogens with zero attached hydrogens (tertiary/aromatic N) is 1. The summed E-state index contributed by atoms with van der Waals surface area (Å²) >= 11 is 5.63. The van der Waals surface area contributed by atoms with Crippen molar-refractivity contribution in [3.8, 4) is 5.75 Å². The van der Waals surface area contributed by atoms with Crippen LogP contribution >= 0.6 is 11.6 Å². The van der Waals surface area contributed by atoms with Crippen LogP contribution in [0.2, 0.25) is 5.02 Å². The van der Waals surface area contributed by atoms with Crippen molar-refractivity contribution in [2.75, 3.05) is 20.2 Å². The molecule has 0 N–H and O–H groups in total. The van der Waals surface area contributed by atoms with Gasteiger partial charge in [0, 0.05) is 12.1 Å². The summed E-state index contributed by atoms with van der Waals surface area (Å²) in [5, 5.41) is 0.458. The number of likely N-dealkylation sites (N-methyl/N-ethyl adjacent to an activating group) is 1.